The third-order valence-electron chi connectivity index (χ3n) is 14.1. The smallest absolute Gasteiger partial charge is 0.205 e. The van der Waals surface area contributed by atoms with Gasteiger partial charge in [0.1, 0.15) is 17.2 Å². The second-order valence-corrected chi connectivity index (χ2v) is 18.0. The van der Waals surface area contributed by atoms with Gasteiger partial charge in [-0.1, -0.05) is 0 Å². The molecule has 31 nitrogen and oxygen atoms in total. The van der Waals surface area contributed by atoms with Crippen LogP contribution < -0.4 is 5.73 Å². The van der Waals surface area contributed by atoms with Crippen molar-refractivity contribution in [3.05, 3.63) is 11.1 Å². The molecule has 31 heteroatoms. The summed E-state index contributed by atoms with van der Waals surface area (Å²) in [4.78, 5) is 0. The molecule has 1 aromatic heterocycles. The van der Waals surface area contributed by atoms with Gasteiger partial charge in [0.2, 0.25) is 51.7 Å². The van der Waals surface area contributed by atoms with Crippen LogP contribution in [-0.4, -0.2) is 148 Å². The van der Waals surface area contributed by atoms with E-state index in [1.54, 1.807) is 0 Å². The lowest BCUT2D eigenvalue weighted by molar-refractivity contribution is 0.0870. The molecule has 80 heavy (non-hydrogen) atoms. The molecule has 0 fully saturated rings. The summed E-state index contributed by atoms with van der Waals surface area (Å²) in [6.07, 6.45) is 0. The van der Waals surface area contributed by atoms with Gasteiger partial charge in [0.25, 0.3) is 0 Å². The second kappa shape index (κ2) is 15.0. The van der Waals surface area contributed by atoms with E-state index in [0.717, 1.165) is 0 Å². The lowest BCUT2D eigenvalue weighted by Gasteiger charge is -2.25. The molecular formula is C49H31NO30. The third-order valence-corrected chi connectivity index (χ3v) is 14.1. The summed E-state index contributed by atoms with van der Waals surface area (Å²) in [5.41, 5.74) is -13.5. The van der Waals surface area contributed by atoms with Crippen LogP contribution >= 0.6 is 0 Å². The molecule has 10 aromatic rings. The van der Waals surface area contributed by atoms with Gasteiger partial charge in [-0.15, -0.1) is 0 Å². The van der Waals surface area contributed by atoms with Crippen molar-refractivity contribution < 1.29 is 153 Å². The highest BCUT2D eigenvalue weighted by Crippen LogP contribution is 2.71. The first-order chi connectivity index (χ1) is 37.2. The van der Waals surface area contributed by atoms with Crippen LogP contribution in [0, 0.1) is 0 Å². The minimum Gasteiger partial charge on any atom is -0.507 e. The zero-order valence-corrected chi connectivity index (χ0v) is 38.5. The number of aliphatic hydroxyl groups is 1. The first-order valence-electron chi connectivity index (χ1n) is 21.7. The fourth-order valence-electron chi connectivity index (χ4n) is 10.6. The quantitative estimate of drug-likeness (QED) is 0.0515. The van der Waals surface area contributed by atoms with Gasteiger partial charge in [-0.3, -0.25) is 5.73 Å². The summed E-state index contributed by atoms with van der Waals surface area (Å²) >= 11 is 0. The minimum atomic E-state index is -3.43. The lowest BCUT2D eigenvalue weighted by Crippen LogP contribution is -2.35. The topological polar surface area (TPSA) is 626 Å². The molecule has 1 atom stereocenters. The summed E-state index contributed by atoms with van der Waals surface area (Å²) in [5, 5.41) is 318. The Kier molecular flexibility index (Phi) is 9.42. The van der Waals surface area contributed by atoms with Gasteiger partial charge in [0.05, 0.1) is 54.9 Å². The third kappa shape index (κ3) is 5.34. The van der Waals surface area contributed by atoms with E-state index in [4.69, 9.17) is 10.2 Å². The number of hydrogen-bond acceptors (Lipinski definition) is 31. The van der Waals surface area contributed by atoms with E-state index in [9.17, 15) is 148 Å². The Hall–Kier alpha value is -12.1. The second-order valence-electron chi connectivity index (χ2n) is 18.0. The molecule has 0 spiro atoms. The molecule has 1 heterocycles. The Bertz CT molecular complexity index is 4600. The van der Waals surface area contributed by atoms with Gasteiger partial charge in [-0.2, -0.15) is 0 Å². The van der Waals surface area contributed by atoms with Crippen molar-refractivity contribution in [3.8, 4) is 205 Å². The van der Waals surface area contributed by atoms with E-state index in [1.165, 1.54) is 0 Å². The Morgan fingerprint density at radius 2 is 0.425 bits per heavy atom. The van der Waals surface area contributed by atoms with Crippen molar-refractivity contribution in [1.82, 2.24) is 0 Å². The zero-order valence-electron chi connectivity index (χ0n) is 38.5. The van der Waals surface area contributed by atoms with Gasteiger partial charge in [-0.25, -0.2) is 0 Å². The van der Waals surface area contributed by atoms with Gasteiger partial charge < -0.3 is 153 Å². The van der Waals surface area contributed by atoms with E-state index in [2.05, 4.69) is 0 Å². The number of nitrogens with two attached hydrogens (primary N) is 1. The van der Waals surface area contributed by atoms with Gasteiger partial charge >= 0.3 is 0 Å². The van der Waals surface area contributed by atoms with Crippen LogP contribution in [0.15, 0.2) is 4.42 Å². The first-order valence-corrected chi connectivity index (χ1v) is 21.7. The normalized spacial score (nSPS) is 14.1. The van der Waals surface area contributed by atoms with Crippen LogP contribution in [-0.2, 0) is 5.72 Å². The molecule has 1 aliphatic rings. The van der Waals surface area contributed by atoms with Crippen LogP contribution in [0.1, 0.15) is 11.1 Å². The van der Waals surface area contributed by atoms with Crippen molar-refractivity contribution in [2.24, 2.45) is 5.73 Å². The summed E-state index contributed by atoms with van der Waals surface area (Å²) in [6, 6.07) is 0. The summed E-state index contributed by atoms with van der Waals surface area (Å²) in [7, 11) is 0. The van der Waals surface area contributed by atoms with Crippen LogP contribution in [0.3, 0.4) is 0 Å². The molecule has 11 rings (SSSR count). The Balaban J connectivity index is 1.31. The number of rotatable bonds is 3. The average Bonchev–Trinajstić information content (AvgIpc) is 4.14. The number of hydrogen-bond donors (Lipinski definition) is 30. The molecule has 1 aliphatic carbocycles. The first kappa shape index (κ1) is 50.1. The Labute approximate surface area is 434 Å². The molecule has 9 aromatic carbocycles. The fourth-order valence-corrected chi connectivity index (χ4v) is 10.6. The van der Waals surface area contributed by atoms with Gasteiger partial charge in [-0.05, 0) is 0 Å². The SMILES string of the molecule is NC1(O)c2c(O)c(O)c(O)c(O)c2-c2c(O)c(O)c(-c3c(O)c(O)c(-c4c5c(O)c(O)c(O)c(O)c5c(-c5c(O)c(O)c6oc7c(O)c8c(O)c(O)c(O)c(O)c8c(O)c7c6c5O)c5c(O)c(O)c(O)c(O)c45)c(O)c3O)c(O)c21. The van der Waals surface area contributed by atoms with Crippen LogP contribution in [0.4, 0.5) is 0 Å². The molecule has 412 valence electrons. The summed E-state index contributed by atoms with van der Waals surface area (Å²) in [5.74, 6) is -46.8. The molecule has 0 amide bonds. The van der Waals surface area contributed by atoms with Crippen molar-refractivity contribution in [3.63, 3.8) is 0 Å². The molecule has 0 radical (unpaired) electrons. The molecule has 1 unspecified atom stereocenters. The molecule has 0 saturated heterocycles. The number of benzene rings is 9. The van der Waals surface area contributed by atoms with Crippen LogP contribution in [0.5, 0.6) is 161 Å². The lowest BCUT2D eigenvalue weighted by atomic mass is 9.81. The van der Waals surface area contributed by atoms with E-state index in [0.29, 0.717) is 0 Å². The van der Waals surface area contributed by atoms with E-state index >= 15 is 0 Å². The zero-order chi connectivity index (χ0) is 58.9. The monoisotopic (exact) mass is 1110 g/mol. The molecule has 0 aliphatic heterocycles. The predicted octanol–water partition coefficient (Wildman–Crippen LogP) is 3.94. The molecule has 0 bridgehead atoms. The maximum Gasteiger partial charge on any atom is 0.205 e. The van der Waals surface area contributed by atoms with Crippen LogP contribution in [0.25, 0.3) is 98.8 Å². The van der Waals surface area contributed by atoms with E-state index in [1.807, 2.05) is 0 Å². The summed E-state index contributed by atoms with van der Waals surface area (Å²) in [6.45, 7) is 0. The summed E-state index contributed by atoms with van der Waals surface area (Å²) < 4.78 is 5.46. The fraction of sp³-hybridized carbons (Fsp3) is 0.0204. The van der Waals surface area contributed by atoms with E-state index < -0.39 is 277 Å². The minimum absolute atomic E-state index is 1.05. The Morgan fingerprint density at radius 3 is 0.825 bits per heavy atom. The van der Waals surface area contributed by atoms with Crippen molar-refractivity contribution >= 4 is 54.3 Å². The number of aromatic hydroxyl groups is 28. The predicted molar refractivity (Wildman–Crippen MR) is 262 cm³/mol. The average molecular weight is 1110 g/mol. The van der Waals surface area contributed by atoms with Crippen LogP contribution in [0.2, 0.25) is 0 Å². The van der Waals surface area contributed by atoms with E-state index in [-0.39, 0.29) is 0 Å². The highest BCUT2D eigenvalue weighted by atomic mass is 16.4. The maximum atomic E-state index is 12.3. The van der Waals surface area contributed by atoms with Crippen molar-refractivity contribution in [1.29, 1.82) is 0 Å². The molecule has 0 saturated carbocycles. The Morgan fingerprint density at radius 1 is 0.188 bits per heavy atom. The van der Waals surface area contributed by atoms with Gasteiger partial charge in [0.15, 0.2) is 109 Å². The highest BCUT2D eigenvalue weighted by Gasteiger charge is 2.51. The molecule has 31 N–H and O–H groups in total. The number of phenolic OH excluding ortho intramolecular Hbond substituents is 28. The maximum absolute atomic E-state index is 12.3. The van der Waals surface area contributed by atoms with Crippen molar-refractivity contribution in [2.45, 2.75) is 5.72 Å². The number of fused-ring (bicyclic) bond motifs is 9. The standard InChI is InChI=1S/C49H31NO30/c50-49(79)17-7(8-18(49)37(69)45(77)42(74)27(8)59)26(58)30(62)12(21(17)53)13-31(63)28(60)10(29(61)32(13)64)2-5-3(22(54)38(70)40(72)24(5)56)1(4-6(2)25(57)41(73)39(71)23(4)55)9-19(51)16-15-20(52)11-14(34(66)44(76)43(75)33(11)65)36(68)47(15)80-48(16)46(78)35(9)67/h51-79H,50H2. The number of furan rings is 1. The highest BCUT2D eigenvalue weighted by molar-refractivity contribution is 6.33. The molecular weight excluding hydrogens is 1080 g/mol. The van der Waals surface area contributed by atoms with Gasteiger partial charge in [0, 0.05) is 43.8 Å². The van der Waals surface area contributed by atoms with Crippen molar-refractivity contribution in [2.75, 3.05) is 0 Å². The number of phenols is 28. The largest absolute Gasteiger partial charge is 0.507 e.